The molecule has 1 aromatic heterocycles. The summed E-state index contributed by atoms with van der Waals surface area (Å²) in [5, 5.41) is 3.92. The van der Waals surface area contributed by atoms with Gasteiger partial charge in [0, 0.05) is 28.4 Å². The van der Waals surface area contributed by atoms with E-state index in [0.29, 0.717) is 11.0 Å². The van der Waals surface area contributed by atoms with E-state index in [9.17, 15) is 9.59 Å². The van der Waals surface area contributed by atoms with Crippen LogP contribution in [0, 0.1) is 17.8 Å². The van der Waals surface area contributed by atoms with Gasteiger partial charge in [-0.2, -0.15) is 0 Å². The summed E-state index contributed by atoms with van der Waals surface area (Å²) in [6, 6.07) is 16.3. The summed E-state index contributed by atoms with van der Waals surface area (Å²) in [4.78, 5) is 24.1. The first kappa shape index (κ1) is 18.9. The third-order valence-electron chi connectivity index (χ3n) is 8.08. The number of hydrogen-bond donors (Lipinski definition) is 1. The highest BCUT2D eigenvalue weighted by Crippen LogP contribution is 2.60. The topological polar surface area (TPSA) is 51.1 Å². The lowest BCUT2D eigenvalue weighted by Gasteiger charge is -2.57. The number of carbonyl (C=O) groups excluding carboxylic acids is 2. The Morgan fingerprint density at radius 1 is 0.968 bits per heavy atom. The predicted octanol–water partition coefficient (Wildman–Crippen LogP) is 5.56. The van der Waals surface area contributed by atoms with Gasteiger partial charge in [-0.05, 0) is 85.5 Å². The van der Waals surface area contributed by atoms with Crippen LogP contribution in [0.4, 0.5) is 5.69 Å². The lowest BCUT2D eigenvalue weighted by Crippen LogP contribution is -2.48. The van der Waals surface area contributed by atoms with Gasteiger partial charge in [-0.25, -0.2) is 0 Å². The summed E-state index contributed by atoms with van der Waals surface area (Å²) in [7, 11) is 0. The molecular formula is C27H28N2O2. The zero-order valence-corrected chi connectivity index (χ0v) is 17.7. The molecular weight excluding hydrogens is 384 g/mol. The zero-order chi connectivity index (χ0) is 21.0. The molecule has 0 spiro atoms. The van der Waals surface area contributed by atoms with Crippen LogP contribution in [0.5, 0.6) is 0 Å². The van der Waals surface area contributed by atoms with Crippen molar-refractivity contribution in [3.63, 3.8) is 0 Å². The monoisotopic (exact) mass is 412 g/mol. The first-order valence-corrected chi connectivity index (χ1v) is 11.6. The number of aromatic nitrogens is 1. The third-order valence-corrected chi connectivity index (χ3v) is 8.08. The van der Waals surface area contributed by atoms with Gasteiger partial charge in [0.15, 0.2) is 6.29 Å². The number of fused-ring (bicyclic) bond motifs is 1. The summed E-state index contributed by atoms with van der Waals surface area (Å²) in [6.07, 6.45) is 11.0. The highest BCUT2D eigenvalue weighted by atomic mass is 16.2. The average molecular weight is 413 g/mol. The van der Waals surface area contributed by atoms with Crippen molar-refractivity contribution >= 4 is 28.8 Å². The van der Waals surface area contributed by atoms with Crippen molar-refractivity contribution in [2.24, 2.45) is 17.8 Å². The van der Waals surface area contributed by atoms with Crippen molar-refractivity contribution in [3.05, 3.63) is 65.9 Å². The summed E-state index contributed by atoms with van der Waals surface area (Å²) < 4.78 is 1.85. The highest BCUT2D eigenvalue weighted by Gasteiger charge is 2.51. The molecule has 0 atom stereocenters. The Labute approximate surface area is 182 Å². The second-order valence-corrected chi connectivity index (χ2v) is 10.2. The Morgan fingerprint density at radius 3 is 2.26 bits per heavy atom. The van der Waals surface area contributed by atoms with Crippen molar-refractivity contribution in [1.82, 2.24) is 4.57 Å². The van der Waals surface area contributed by atoms with E-state index < -0.39 is 0 Å². The van der Waals surface area contributed by atoms with Crippen LogP contribution in [-0.2, 0) is 16.8 Å². The fourth-order valence-electron chi connectivity index (χ4n) is 7.23. The smallest absolute Gasteiger partial charge is 0.244 e. The van der Waals surface area contributed by atoms with Crippen LogP contribution >= 0.6 is 0 Å². The van der Waals surface area contributed by atoms with Gasteiger partial charge < -0.3 is 9.88 Å². The molecule has 1 amide bonds. The van der Waals surface area contributed by atoms with Gasteiger partial charge in [-0.3, -0.25) is 9.59 Å². The van der Waals surface area contributed by atoms with E-state index in [2.05, 4.69) is 29.6 Å². The quantitative estimate of drug-likeness (QED) is 0.558. The largest absolute Gasteiger partial charge is 0.337 e. The Bertz CT molecular complexity index is 1120. The fraction of sp³-hybridized carbons (Fsp3) is 0.407. The van der Waals surface area contributed by atoms with Crippen LogP contribution in [0.25, 0.3) is 10.9 Å². The van der Waals surface area contributed by atoms with Crippen molar-refractivity contribution < 1.29 is 9.59 Å². The molecule has 4 aliphatic rings. The number of carbonyl (C=O) groups is 2. The minimum atomic E-state index is -0.0826. The van der Waals surface area contributed by atoms with Crippen molar-refractivity contribution in [2.75, 3.05) is 5.32 Å². The molecule has 1 N–H and O–H groups in total. The third kappa shape index (κ3) is 3.20. The number of amides is 1. The van der Waals surface area contributed by atoms with E-state index in [1.807, 2.05) is 28.8 Å². The summed E-state index contributed by atoms with van der Waals surface area (Å²) in [5.41, 5.74) is 4.20. The lowest BCUT2D eigenvalue weighted by atomic mass is 9.48. The van der Waals surface area contributed by atoms with Gasteiger partial charge in [-0.15, -0.1) is 0 Å². The number of aldehydes is 1. The van der Waals surface area contributed by atoms with Gasteiger partial charge in [0.25, 0.3) is 0 Å². The minimum Gasteiger partial charge on any atom is -0.337 e. The van der Waals surface area contributed by atoms with Crippen LogP contribution in [-0.4, -0.2) is 16.8 Å². The van der Waals surface area contributed by atoms with E-state index in [4.69, 9.17) is 0 Å². The van der Waals surface area contributed by atoms with Gasteiger partial charge in [0.1, 0.15) is 6.54 Å². The SMILES string of the molecule is O=Cc1cn(CC(=O)Nc2ccc(C34CC5CC(CC(C5)C3)C4)cc2)c2ccccc12. The molecule has 1 heterocycles. The average Bonchev–Trinajstić information content (AvgIpc) is 3.11. The summed E-state index contributed by atoms with van der Waals surface area (Å²) in [6.45, 7) is 0.186. The van der Waals surface area contributed by atoms with E-state index in [0.717, 1.165) is 40.6 Å². The molecule has 7 rings (SSSR count). The number of para-hydroxylation sites is 1. The second kappa shape index (κ2) is 7.08. The first-order valence-electron chi connectivity index (χ1n) is 11.6. The van der Waals surface area contributed by atoms with Crippen LogP contribution in [0.1, 0.15) is 54.4 Å². The molecule has 0 radical (unpaired) electrons. The van der Waals surface area contributed by atoms with Crippen LogP contribution in [0.3, 0.4) is 0 Å². The molecule has 2 aromatic carbocycles. The molecule has 4 aliphatic carbocycles. The highest BCUT2D eigenvalue weighted by molar-refractivity contribution is 5.99. The zero-order valence-electron chi connectivity index (χ0n) is 17.7. The van der Waals surface area contributed by atoms with E-state index in [1.165, 1.54) is 44.1 Å². The Kier molecular flexibility index (Phi) is 4.31. The maximum Gasteiger partial charge on any atom is 0.244 e. The molecule has 0 unspecified atom stereocenters. The number of nitrogens with zero attached hydrogens (tertiary/aromatic N) is 1. The second-order valence-electron chi connectivity index (χ2n) is 10.2. The number of benzene rings is 2. The van der Waals surface area contributed by atoms with Crippen molar-refractivity contribution in [1.29, 1.82) is 0 Å². The van der Waals surface area contributed by atoms with Crippen molar-refractivity contribution in [2.45, 2.75) is 50.5 Å². The number of nitrogens with one attached hydrogen (secondary N) is 1. The molecule has 4 fully saturated rings. The van der Waals surface area contributed by atoms with Crippen LogP contribution in [0.15, 0.2) is 54.7 Å². The Hall–Kier alpha value is -2.88. The first-order chi connectivity index (χ1) is 15.1. The van der Waals surface area contributed by atoms with E-state index >= 15 is 0 Å². The lowest BCUT2D eigenvalue weighted by molar-refractivity contribution is -0.116. The Balaban J connectivity index is 1.18. The van der Waals surface area contributed by atoms with Gasteiger partial charge in [0.05, 0.1) is 0 Å². The minimum absolute atomic E-state index is 0.0826. The normalized spacial score (nSPS) is 28.7. The number of hydrogen-bond acceptors (Lipinski definition) is 2. The number of rotatable bonds is 5. The fourth-order valence-corrected chi connectivity index (χ4v) is 7.23. The maximum atomic E-state index is 12.7. The van der Waals surface area contributed by atoms with Crippen LogP contribution < -0.4 is 5.32 Å². The van der Waals surface area contributed by atoms with Gasteiger partial charge in [-0.1, -0.05) is 30.3 Å². The molecule has 0 saturated heterocycles. The molecule has 158 valence electrons. The Morgan fingerprint density at radius 2 is 1.61 bits per heavy atom. The summed E-state index contributed by atoms with van der Waals surface area (Å²) >= 11 is 0. The van der Waals surface area contributed by atoms with E-state index in [1.54, 1.807) is 6.20 Å². The molecule has 4 nitrogen and oxygen atoms in total. The molecule has 4 bridgehead atoms. The van der Waals surface area contributed by atoms with Gasteiger partial charge in [0.2, 0.25) is 5.91 Å². The summed E-state index contributed by atoms with van der Waals surface area (Å²) in [5.74, 6) is 2.70. The van der Waals surface area contributed by atoms with E-state index in [-0.39, 0.29) is 12.5 Å². The van der Waals surface area contributed by atoms with Crippen LogP contribution in [0.2, 0.25) is 0 Å². The van der Waals surface area contributed by atoms with Gasteiger partial charge >= 0.3 is 0 Å². The number of anilines is 1. The molecule has 4 saturated carbocycles. The predicted molar refractivity (Wildman–Crippen MR) is 122 cm³/mol. The molecule has 0 aliphatic heterocycles. The van der Waals surface area contributed by atoms with Crippen molar-refractivity contribution in [3.8, 4) is 0 Å². The maximum absolute atomic E-state index is 12.7. The standard InChI is InChI=1S/C27H28N2O2/c30-17-21-15-29(25-4-2-1-3-24(21)25)16-26(31)28-23-7-5-22(6-8-23)27-12-18-9-19(13-27)11-20(10-18)14-27/h1-8,15,17-20H,9-14,16H2,(H,28,31). The molecule has 4 heteroatoms. The molecule has 3 aromatic rings. The molecule has 31 heavy (non-hydrogen) atoms.